The molecule has 230 valence electrons. The van der Waals surface area contributed by atoms with Crippen LogP contribution in [0, 0.1) is 11.8 Å². The predicted octanol–water partition coefficient (Wildman–Crippen LogP) is 11.1. The summed E-state index contributed by atoms with van der Waals surface area (Å²) >= 11 is 1.95. The normalized spacial score (nSPS) is 21.0. The number of aromatic nitrogens is 3. The van der Waals surface area contributed by atoms with Crippen molar-refractivity contribution in [2.75, 3.05) is 0 Å². The summed E-state index contributed by atoms with van der Waals surface area (Å²) in [6, 6.07) is 37.4. The first-order chi connectivity index (χ1) is 23.0. The van der Waals surface area contributed by atoms with Gasteiger partial charge >= 0.3 is 0 Å². The maximum absolute atomic E-state index is 5.33. The van der Waals surface area contributed by atoms with Gasteiger partial charge in [-0.2, -0.15) is 0 Å². The third kappa shape index (κ3) is 4.53. The van der Waals surface area contributed by atoms with Crippen molar-refractivity contribution in [3.05, 3.63) is 144 Å². The molecule has 4 heteroatoms. The Balaban J connectivity index is 1.24. The molecule has 0 aliphatic heterocycles. The average molecular weight is 628 g/mol. The summed E-state index contributed by atoms with van der Waals surface area (Å²) in [5.74, 6) is 1.72. The lowest BCUT2D eigenvalue weighted by molar-refractivity contribution is 0.290. The van der Waals surface area contributed by atoms with Crippen LogP contribution in [0.25, 0.3) is 53.9 Å². The molecule has 0 amide bonds. The molecule has 3 unspecified atom stereocenters. The van der Waals surface area contributed by atoms with Crippen LogP contribution in [-0.4, -0.2) is 14.5 Å². The Hall–Kier alpha value is -4.80. The first kappa shape index (κ1) is 28.4. The van der Waals surface area contributed by atoms with Gasteiger partial charge in [-0.15, -0.1) is 11.3 Å². The summed E-state index contributed by atoms with van der Waals surface area (Å²) in [5.41, 5.74) is 9.63. The van der Waals surface area contributed by atoms with Crippen molar-refractivity contribution in [2.24, 2.45) is 11.8 Å². The Labute approximate surface area is 279 Å². The minimum Gasteiger partial charge on any atom is -0.282 e. The van der Waals surface area contributed by atoms with E-state index in [1.807, 2.05) is 11.3 Å². The second-order valence-corrected chi connectivity index (χ2v) is 14.8. The fraction of sp³-hybridized carbons (Fsp3) is 0.209. The van der Waals surface area contributed by atoms with Gasteiger partial charge in [-0.1, -0.05) is 124 Å². The van der Waals surface area contributed by atoms with Crippen molar-refractivity contribution in [3.8, 4) is 17.2 Å². The number of nitrogens with zero attached hydrogens (tertiary/aromatic N) is 3. The molecule has 9 rings (SSSR count). The Kier molecular flexibility index (Phi) is 6.58. The number of fused-ring (bicyclic) bond motifs is 6. The topological polar surface area (TPSA) is 30.7 Å². The van der Waals surface area contributed by atoms with E-state index in [9.17, 15) is 0 Å². The highest BCUT2D eigenvalue weighted by Gasteiger charge is 2.42. The standard InChI is InChI=1S/C43H37N3S/c1-27-20-22-30(23-21-27)37-25-36(29-12-5-4-6-13-29)44-42(45-37)46-38-18-9-7-14-31(38)34-26-43(3,28(2)24-39(34)46)35-17-11-16-33-32-15-8-10-19-40(32)47-41(33)35/h4-20,22-23,25,27-28H,21,24,26H2,1-3H3. The van der Waals surface area contributed by atoms with Crippen LogP contribution in [0.2, 0.25) is 0 Å². The predicted molar refractivity (Wildman–Crippen MR) is 198 cm³/mol. The van der Waals surface area contributed by atoms with Crippen LogP contribution >= 0.6 is 11.3 Å². The number of hydrogen-bond acceptors (Lipinski definition) is 3. The molecule has 0 saturated carbocycles. The second-order valence-electron chi connectivity index (χ2n) is 13.8. The fourth-order valence-corrected chi connectivity index (χ4v) is 9.32. The number of rotatable bonds is 4. The van der Waals surface area contributed by atoms with Crippen molar-refractivity contribution in [1.82, 2.24) is 14.5 Å². The zero-order chi connectivity index (χ0) is 31.7. The molecule has 2 aliphatic rings. The van der Waals surface area contributed by atoms with Gasteiger partial charge in [-0.25, -0.2) is 9.97 Å². The number of benzene rings is 4. The summed E-state index contributed by atoms with van der Waals surface area (Å²) in [6.07, 6.45) is 9.82. The highest BCUT2D eigenvalue weighted by atomic mass is 32.1. The van der Waals surface area contributed by atoms with E-state index in [-0.39, 0.29) is 5.41 Å². The highest BCUT2D eigenvalue weighted by Crippen LogP contribution is 2.50. The molecule has 0 N–H and O–H groups in total. The lowest BCUT2D eigenvalue weighted by atomic mass is 9.63. The van der Waals surface area contributed by atoms with E-state index in [2.05, 4.69) is 147 Å². The Morgan fingerprint density at radius 2 is 1.53 bits per heavy atom. The zero-order valence-electron chi connectivity index (χ0n) is 27.1. The summed E-state index contributed by atoms with van der Waals surface area (Å²) < 4.78 is 5.18. The van der Waals surface area contributed by atoms with Gasteiger partial charge in [0.15, 0.2) is 0 Å². The highest BCUT2D eigenvalue weighted by molar-refractivity contribution is 7.26. The molecule has 0 bridgehead atoms. The molecule has 47 heavy (non-hydrogen) atoms. The molecule has 3 atom stereocenters. The third-order valence-corrected chi connectivity index (χ3v) is 12.1. The maximum atomic E-state index is 5.33. The number of hydrogen-bond donors (Lipinski definition) is 0. The molecule has 4 aromatic carbocycles. The lowest BCUT2D eigenvalue weighted by Gasteiger charge is -2.41. The van der Waals surface area contributed by atoms with Gasteiger partial charge < -0.3 is 0 Å². The maximum Gasteiger partial charge on any atom is 0.235 e. The van der Waals surface area contributed by atoms with Crippen molar-refractivity contribution in [2.45, 2.75) is 45.4 Å². The van der Waals surface area contributed by atoms with Crippen LogP contribution in [0.4, 0.5) is 0 Å². The number of thiophene rings is 1. The molecule has 0 fully saturated rings. The smallest absolute Gasteiger partial charge is 0.235 e. The number of allylic oxidation sites excluding steroid dienone is 4. The van der Waals surface area contributed by atoms with Crippen LogP contribution in [0.1, 0.15) is 49.7 Å². The first-order valence-corrected chi connectivity index (χ1v) is 17.6. The van der Waals surface area contributed by atoms with Crippen LogP contribution in [0.3, 0.4) is 0 Å². The minimum absolute atomic E-state index is 0.0192. The summed E-state index contributed by atoms with van der Waals surface area (Å²) in [6.45, 7) is 7.21. The molecule has 7 aromatic rings. The second kappa shape index (κ2) is 10.9. The van der Waals surface area contributed by atoms with Crippen molar-refractivity contribution >= 4 is 48.0 Å². The van der Waals surface area contributed by atoms with Crippen LogP contribution in [0.15, 0.2) is 121 Å². The quantitative estimate of drug-likeness (QED) is 0.194. The van der Waals surface area contributed by atoms with Gasteiger partial charge in [0, 0.05) is 42.2 Å². The Bertz CT molecular complexity index is 2390. The van der Waals surface area contributed by atoms with E-state index < -0.39 is 0 Å². The fourth-order valence-electron chi connectivity index (χ4n) is 7.97. The molecular formula is C43H37N3S. The molecule has 0 spiro atoms. The van der Waals surface area contributed by atoms with Crippen LogP contribution in [-0.2, 0) is 18.3 Å². The SMILES string of the molecule is CC1C=CC(c2cc(-c3ccccc3)nc(-n3c4c(c5ccccc53)CC(C)(c3cccc5c3sc3ccccc35)C(C)C4)n2)=CC1. The van der Waals surface area contributed by atoms with Crippen LogP contribution < -0.4 is 0 Å². The van der Waals surface area contributed by atoms with Crippen molar-refractivity contribution in [1.29, 1.82) is 0 Å². The Morgan fingerprint density at radius 3 is 2.36 bits per heavy atom. The first-order valence-electron chi connectivity index (χ1n) is 16.8. The largest absolute Gasteiger partial charge is 0.282 e. The van der Waals surface area contributed by atoms with Gasteiger partial charge in [0.25, 0.3) is 0 Å². The van der Waals surface area contributed by atoms with E-state index in [1.165, 1.54) is 53.5 Å². The van der Waals surface area contributed by atoms with Gasteiger partial charge in [-0.05, 0) is 66.0 Å². The average Bonchev–Trinajstić information content (AvgIpc) is 3.64. The molecule has 2 aliphatic carbocycles. The molecule has 3 nitrogen and oxygen atoms in total. The molecular weight excluding hydrogens is 591 g/mol. The van der Waals surface area contributed by atoms with E-state index >= 15 is 0 Å². The minimum atomic E-state index is -0.0192. The summed E-state index contributed by atoms with van der Waals surface area (Å²) in [4.78, 5) is 10.6. The molecule has 0 radical (unpaired) electrons. The lowest BCUT2D eigenvalue weighted by Crippen LogP contribution is -2.38. The van der Waals surface area contributed by atoms with E-state index in [1.54, 1.807) is 0 Å². The summed E-state index contributed by atoms with van der Waals surface area (Å²) in [7, 11) is 0. The van der Waals surface area contributed by atoms with Crippen molar-refractivity contribution < 1.29 is 0 Å². The Morgan fingerprint density at radius 1 is 0.787 bits per heavy atom. The van der Waals surface area contributed by atoms with Crippen molar-refractivity contribution in [3.63, 3.8) is 0 Å². The van der Waals surface area contributed by atoms with Gasteiger partial charge in [0.05, 0.1) is 16.9 Å². The molecule has 3 aromatic heterocycles. The monoisotopic (exact) mass is 627 g/mol. The summed E-state index contributed by atoms with van der Waals surface area (Å²) in [5, 5.41) is 4.05. The number of para-hydroxylation sites is 1. The zero-order valence-corrected chi connectivity index (χ0v) is 27.9. The van der Waals surface area contributed by atoms with Gasteiger partial charge in [0.2, 0.25) is 5.95 Å². The van der Waals surface area contributed by atoms with Gasteiger partial charge in [-0.3, -0.25) is 4.57 Å². The molecule has 3 heterocycles. The van der Waals surface area contributed by atoms with E-state index in [4.69, 9.17) is 9.97 Å². The van der Waals surface area contributed by atoms with E-state index in [0.717, 1.165) is 42.2 Å². The van der Waals surface area contributed by atoms with E-state index in [0.29, 0.717) is 11.8 Å². The third-order valence-electron chi connectivity index (χ3n) is 10.8. The van der Waals surface area contributed by atoms with Crippen LogP contribution in [0.5, 0.6) is 0 Å². The molecule has 0 saturated heterocycles. The van der Waals surface area contributed by atoms with Gasteiger partial charge in [0.1, 0.15) is 0 Å².